The van der Waals surface area contributed by atoms with Crippen molar-refractivity contribution >= 4 is 5.97 Å². The van der Waals surface area contributed by atoms with E-state index in [0.717, 1.165) is 0 Å². The van der Waals surface area contributed by atoms with Gasteiger partial charge in [0.1, 0.15) is 6.10 Å². The van der Waals surface area contributed by atoms with Crippen molar-refractivity contribution in [2.45, 2.75) is 51.3 Å². The second-order valence-corrected chi connectivity index (χ2v) is 5.81. The predicted octanol–water partition coefficient (Wildman–Crippen LogP) is 0.625. The van der Waals surface area contributed by atoms with Gasteiger partial charge in [-0.15, -0.1) is 0 Å². The van der Waals surface area contributed by atoms with Crippen LogP contribution >= 0.6 is 0 Å². The van der Waals surface area contributed by atoms with Gasteiger partial charge in [-0.25, -0.2) is 0 Å². The molecule has 2 aliphatic rings. The molecule has 0 saturated carbocycles. The highest BCUT2D eigenvalue weighted by molar-refractivity contribution is 5.67. The molecule has 0 aromatic carbocycles. The topological polar surface area (TPSA) is 85.2 Å². The number of rotatable bonds is 4. The molecule has 2 rings (SSSR count). The Kier molecular flexibility index (Phi) is 4.15. The number of carboxylic acids is 1. The van der Waals surface area contributed by atoms with Crippen LogP contribution in [0, 0.1) is 11.8 Å². The fourth-order valence-electron chi connectivity index (χ4n) is 2.97. The van der Waals surface area contributed by atoms with E-state index in [2.05, 4.69) is 0 Å². The third-order valence-electron chi connectivity index (χ3n) is 3.99. The molecule has 0 amide bonds. The van der Waals surface area contributed by atoms with Crippen molar-refractivity contribution in [2.75, 3.05) is 13.2 Å². The first-order valence-corrected chi connectivity index (χ1v) is 6.64. The average molecular weight is 274 g/mol. The Morgan fingerprint density at radius 1 is 1.42 bits per heavy atom. The van der Waals surface area contributed by atoms with Crippen molar-refractivity contribution in [3.63, 3.8) is 0 Å². The van der Waals surface area contributed by atoms with E-state index in [9.17, 15) is 9.90 Å². The first kappa shape index (κ1) is 14.7. The maximum Gasteiger partial charge on any atom is 0.305 e. The number of hydrogen-bond acceptors (Lipinski definition) is 5. The van der Waals surface area contributed by atoms with E-state index in [4.69, 9.17) is 19.3 Å². The average Bonchev–Trinajstić information content (AvgIpc) is 2.79. The highest BCUT2D eigenvalue weighted by Crippen LogP contribution is 2.39. The molecular weight excluding hydrogens is 252 g/mol. The molecule has 2 heterocycles. The van der Waals surface area contributed by atoms with E-state index in [1.807, 2.05) is 20.8 Å². The summed E-state index contributed by atoms with van der Waals surface area (Å²) in [7, 11) is 0. The number of aliphatic hydroxyl groups is 1. The Bertz CT molecular complexity index is 342. The molecule has 2 unspecified atom stereocenters. The van der Waals surface area contributed by atoms with Crippen LogP contribution in [-0.4, -0.2) is 53.5 Å². The minimum atomic E-state index is -0.916. The first-order chi connectivity index (χ1) is 8.84. The summed E-state index contributed by atoms with van der Waals surface area (Å²) in [5.41, 5.74) is 0. The van der Waals surface area contributed by atoms with Gasteiger partial charge in [-0.3, -0.25) is 4.79 Å². The van der Waals surface area contributed by atoms with Crippen LogP contribution in [0.25, 0.3) is 0 Å². The zero-order valence-corrected chi connectivity index (χ0v) is 11.5. The highest BCUT2D eigenvalue weighted by Gasteiger charge is 2.49. The van der Waals surface area contributed by atoms with Crippen molar-refractivity contribution in [3.8, 4) is 0 Å². The number of aliphatic hydroxyl groups excluding tert-OH is 1. The first-order valence-electron chi connectivity index (χ1n) is 6.64. The summed E-state index contributed by atoms with van der Waals surface area (Å²) in [5.74, 6) is -1.68. The largest absolute Gasteiger partial charge is 0.481 e. The maximum absolute atomic E-state index is 10.8. The van der Waals surface area contributed by atoms with Crippen LogP contribution in [0.3, 0.4) is 0 Å². The number of aliphatic carboxylic acids is 1. The summed E-state index contributed by atoms with van der Waals surface area (Å²) in [4.78, 5) is 10.8. The number of hydrogen-bond donors (Lipinski definition) is 2. The number of carbonyl (C=O) groups is 1. The third kappa shape index (κ3) is 3.08. The summed E-state index contributed by atoms with van der Waals surface area (Å²) in [6.45, 7) is 5.99. The second-order valence-electron chi connectivity index (χ2n) is 5.81. The normalized spacial score (nSPS) is 41.6. The van der Waals surface area contributed by atoms with Crippen molar-refractivity contribution in [2.24, 2.45) is 11.8 Å². The molecule has 0 aromatic rings. The molecule has 2 fully saturated rings. The van der Waals surface area contributed by atoms with Crippen molar-refractivity contribution in [1.82, 2.24) is 0 Å². The van der Waals surface area contributed by atoms with Gasteiger partial charge in [0.05, 0.1) is 25.2 Å². The summed E-state index contributed by atoms with van der Waals surface area (Å²) in [6, 6.07) is 0. The minimum absolute atomic E-state index is 0.0387. The van der Waals surface area contributed by atoms with E-state index in [1.165, 1.54) is 0 Å². The number of carboxylic acid groups (broad SMARTS) is 1. The van der Waals surface area contributed by atoms with Crippen molar-refractivity contribution in [3.05, 3.63) is 0 Å². The van der Waals surface area contributed by atoms with E-state index < -0.39 is 17.9 Å². The fourth-order valence-corrected chi connectivity index (χ4v) is 2.97. The minimum Gasteiger partial charge on any atom is -0.481 e. The van der Waals surface area contributed by atoms with Gasteiger partial charge in [0.25, 0.3) is 0 Å². The second kappa shape index (κ2) is 5.36. The Morgan fingerprint density at radius 3 is 2.58 bits per heavy atom. The molecule has 0 aliphatic carbocycles. The lowest BCUT2D eigenvalue weighted by Gasteiger charge is -2.23. The maximum atomic E-state index is 10.8. The molecule has 0 spiro atoms. The van der Waals surface area contributed by atoms with Crippen LogP contribution in [0.4, 0.5) is 0 Å². The Hall–Kier alpha value is -0.690. The van der Waals surface area contributed by atoms with Gasteiger partial charge in [0.2, 0.25) is 0 Å². The highest BCUT2D eigenvalue weighted by atomic mass is 16.7. The number of ether oxygens (including phenoxy) is 3. The lowest BCUT2D eigenvalue weighted by Crippen LogP contribution is -2.35. The third-order valence-corrected chi connectivity index (χ3v) is 3.99. The standard InChI is InChI=1S/C13H22O6/c1-7-8(5-14)9(4-11(15)16)18-12(7)10-6-17-13(2,3)19-10/h7-10,12,14H,4-6H2,1-3H3,(H,15,16)/t7-,8?,9+,10-,12?/m1/s1. The summed E-state index contributed by atoms with van der Waals surface area (Å²) in [6.07, 6.45) is -1.00. The zero-order valence-electron chi connectivity index (χ0n) is 11.5. The monoisotopic (exact) mass is 274 g/mol. The van der Waals surface area contributed by atoms with Crippen LogP contribution < -0.4 is 0 Å². The summed E-state index contributed by atoms with van der Waals surface area (Å²) >= 11 is 0. The van der Waals surface area contributed by atoms with Crippen LogP contribution in [0.15, 0.2) is 0 Å². The van der Waals surface area contributed by atoms with Gasteiger partial charge in [0.15, 0.2) is 5.79 Å². The van der Waals surface area contributed by atoms with Gasteiger partial charge in [-0.1, -0.05) is 6.92 Å². The van der Waals surface area contributed by atoms with Gasteiger partial charge in [-0.2, -0.15) is 0 Å². The molecule has 6 nitrogen and oxygen atoms in total. The fraction of sp³-hybridized carbons (Fsp3) is 0.923. The molecule has 19 heavy (non-hydrogen) atoms. The molecule has 6 heteroatoms. The van der Waals surface area contributed by atoms with Gasteiger partial charge < -0.3 is 24.4 Å². The lowest BCUT2D eigenvalue weighted by molar-refractivity contribution is -0.159. The van der Waals surface area contributed by atoms with Crippen LogP contribution in [0.5, 0.6) is 0 Å². The van der Waals surface area contributed by atoms with Crippen molar-refractivity contribution in [1.29, 1.82) is 0 Å². The predicted molar refractivity (Wildman–Crippen MR) is 65.6 cm³/mol. The molecule has 2 aliphatic heterocycles. The Morgan fingerprint density at radius 2 is 2.11 bits per heavy atom. The Labute approximate surface area is 112 Å². The quantitative estimate of drug-likeness (QED) is 0.782. The SMILES string of the molecule is C[C@@H]1C(CO)[C@H](CC(=O)O)OC1[C@H]1COC(C)(C)O1. The van der Waals surface area contributed by atoms with Gasteiger partial charge >= 0.3 is 5.97 Å². The van der Waals surface area contributed by atoms with Gasteiger partial charge in [0, 0.05) is 12.5 Å². The lowest BCUT2D eigenvalue weighted by atomic mass is 9.86. The molecule has 2 N–H and O–H groups in total. The summed E-state index contributed by atoms with van der Waals surface area (Å²) in [5, 5.41) is 18.3. The molecule has 0 radical (unpaired) electrons. The summed E-state index contributed by atoms with van der Waals surface area (Å²) < 4.78 is 17.1. The molecule has 5 atom stereocenters. The molecule has 2 saturated heterocycles. The molecule has 110 valence electrons. The van der Waals surface area contributed by atoms with Crippen LogP contribution in [-0.2, 0) is 19.0 Å². The van der Waals surface area contributed by atoms with E-state index in [0.29, 0.717) is 6.61 Å². The molecule has 0 aromatic heterocycles. The Balaban J connectivity index is 2.05. The van der Waals surface area contributed by atoms with E-state index >= 15 is 0 Å². The van der Waals surface area contributed by atoms with Crippen LogP contribution in [0.1, 0.15) is 27.2 Å². The molecular formula is C13H22O6. The molecule has 0 bridgehead atoms. The zero-order chi connectivity index (χ0) is 14.2. The smallest absolute Gasteiger partial charge is 0.305 e. The van der Waals surface area contributed by atoms with Gasteiger partial charge in [-0.05, 0) is 19.8 Å². The van der Waals surface area contributed by atoms with Crippen LogP contribution in [0.2, 0.25) is 0 Å². The van der Waals surface area contributed by atoms with E-state index in [1.54, 1.807) is 0 Å². The van der Waals surface area contributed by atoms with Crippen molar-refractivity contribution < 1.29 is 29.2 Å². The van der Waals surface area contributed by atoms with E-state index in [-0.39, 0.29) is 37.1 Å².